The molecule has 0 aliphatic heterocycles. The van der Waals surface area contributed by atoms with Crippen LogP contribution in [0.2, 0.25) is 5.31 Å². The zero-order valence-corrected chi connectivity index (χ0v) is 9.91. The average Bonchev–Trinajstić information content (AvgIpc) is 2.17. The summed E-state index contributed by atoms with van der Waals surface area (Å²) in [6.45, 7) is 10.4. The molecule has 0 saturated carbocycles. The lowest BCUT2D eigenvalue weighted by atomic mass is 9.42. The van der Waals surface area contributed by atoms with Crippen molar-refractivity contribution >= 4 is 7.28 Å². The first kappa shape index (κ1) is 13.0. The monoisotopic (exact) mass is 186 g/mol. The van der Waals surface area contributed by atoms with Gasteiger partial charge >= 0.3 is 0 Å². The van der Waals surface area contributed by atoms with Gasteiger partial charge in [-0.2, -0.15) is 0 Å². The number of rotatable bonds is 6. The number of hydrogen-bond acceptors (Lipinski definition) is 0. The van der Waals surface area contributed by atoms with Crippen LogP contribution >= 0.6 is 0 Å². The minimum atomic E-state index is -0.930. The van der Waals surface area contributed by atoms with E-state index >= 15 is 0 Å². The maximum Gasteiger partial charge on any atom is 0.175 e. The molecule has 0 aliphatic carbocycles. The largest absolute Gasteiger partial charge is 0.254 e. The number of alkyl halides is 1. The summed E-state index contributed by atoms with van der Waals surface area (Å²) in [7, 11) is 0.722. The Kier molecular flexibility index (Phi) is 5.02. The molecule has 0 rings (SSSR count). The summed E-state index contributed by atoms with van der Waals surface area (Å²) in [5.41, 5.74) is -0.930. The van der Waals surface area contributed by atoms with Gasteiger partial charge in [0.15, 0.2) is 7.28 Å². The molecule has 0 heterocycles. The van der Waals surface area contributed by atoms with Crippen molar-refractivity contribution in [3.05, 3.63) is 0 Å². The molecular weight excluding hydrogens is 162 g/mol. The van der Waals surface area contributed by atoms with Gasteiger partial charge in [-0.05, 0) is 12.8 Å². The van der Waals surface area contributed by atoms with Gasteiger partial charge in [-0.25, -0.2) is 0 Å². The fraction of sp³-hybridized carbons (Fsp3) is 1.00. The smallest absolute Gasteiger partial charge is 0.175 e. The molecule has 0 aromatic heterocycles. The summed E-state index contributed by atoms with van der Waals surface area (Å²) in [6, 6.07) is 0. The molecule has 0 fully saturated rings. The van der Waals surface area contributed by atoms with Gasteiger partial charge in [-0.1, -0.05) is 52.8 Å². The predicted octanol–water partition coefficient (Wildman–Crippen LogP) is 3.91. The first-order chi connectivity index (χ1) is 5.95. The summed E-state index contributed by atoms with van der Waals surface area (Å²) in [6.07, 6.45) is 3.46. The molecule has 0 nitrogen and oxygen atoms in total. The summed E-state index contributed by atoms with van der Waals surface area (Å²) >= 11 is 0. The topological polar surface area (TPSA) is 0 Å². The van der Waals surface area contributed by atoms with Crippen LogP contribution in [0.4, 0.5) is 4.39 Å². The van der Waals surface area contributed by atoms with E-state index < -0.39 is 5.57 Å². The van der Waals surface area contributed by atoms with E-state index in [1.165, 1.54) is 0 Å². The highest BCUT2D eigenvalue weighted by molar-refractivity contribution is 6.43. The minimum Gasteiger partial charge on any atom is -0.254 e. The summed E-state index contributed by atoms with van der Waals surface area (Å²) in [5, 5.41) is 0.195. The molecule has 13 heavy (non-hydrogen) atoms. The Labute approximate surface area is 83.5 Å². The average molecular weight is 186 g/mol. The van der Waals surface area contributed by atoms with Gasteiger partial charge < -0.3 is 0 Å². The third kappa shape index (κ3) is 3.70. The summed E-state index contributed by atoms with van der Waals surface area (Å²) in [4.78, 5) is 0. The van der Waals surface area contributed by atoms with Gasteiger partial charge in [0.25, 0.3) is 0 Å². The predicted molar refractivity (Wildman–Crippen MR) is 60.5 cm³/mol. The molecule has 2 heteroatoms. The Bertz CT molecular complexity index is 121. The standard InChI is InChI=1S/C11H24BF/c1-6-10(5,7-2)12-11(13,8-3)9-4/h12H,6-9H2,1-5H3. The van der Waals surface area contributed by atoms with Crippen LogP contribution in [0, 0.1) is 0 Å². The first-order valence-corrected chi connectivity index (χ1v) is 5.64. The summed E-state index contributed by atoms with van der Waals surface area (Å²) in [5.74, 6) is 0. The van der Waals surface area contributed by atoms with Crippen LogP contribution in [-0.2, 0) is 0 Å². The SMILES string of the molecule is CCC(C)(BC(F)(CC)CC)CC. The first-order valence-electron chi connectivity index (χ1n) is 5.64. The van der Waals surface area contributed by atoms with Crippen molar-refractivity contribution < 1.29 is 4.39 Å². The lowest BCUT2D eigenvalue weighted by molar-refractivity contribution is 0.246. The zero-order chi connectivity index (χ0) is 10.5. The quantitative estimate of drug-likeness (QED) is 0.551. The molecule has 0 unspecified atom stereocenters. The minimum absolute atomic E-state index is 0.195. The Balaban J connectivity index is 4.36. The lowest BCUT2D eigenvalue weighted by Gasteiger charge is -2.33. The maximum absolute atomic E-state index is 14.1. The molecule has 0 aromatic rings. The molecule has 0 atom stereocenters. The molecule has 0 saturated heterocycles. The van der Waals surface area contributed by atoms with Crippen LogP contribution in [-0.4, -0.2) is 12.8 Å². The van der Waals surface area contributed by atoms with E-state index in [1.54, 1.807) is 0 Å². The van der Waals surface area contributed by atoms with Crippen LogP contribution in [0.25, 0.3) is 0 Å². The maximum atomic E-state index is 14.1. The van der Waals surface area contributed by atoms with Gasteiger partial charge in [-0.15, -0.1) is 0 Å². The molecule has 0 amide bonds. The highest BCUT2D eigenvalue weighted by Crippen LogP contribution is 2.38. The second-order valence-corrected chi connectivity index (χ2v) is 4.55. The van der Waals surface area contributed by atoms with E-state index in [0.29, 0.717) is 12.8 Å². The molecule has 0 bridgehead atoms. The molecule has 78 valence electrons. The van der Waals surface area contributed by atoms with Crippen LogP contribution in [0.5, 0.6) is 0 Å². The zero-order valence-electron chi connectivity index (χ0n) is 9.91. The van der Waals surface area contributed by atoms with Crippen LogP contribution < -0.4 is 0 Å². The fourth-order valence-corrected chi connectivity index (χ4v) is 1.76. The highest BCUT2D eigenvalue weighted by Gasteiger charge is 2.35. The molecule has 0 spiro atoms. The fourth-order valence-electron chi connectivity index (χ4n) is 1.76. The van der Waals surface area contributed by atoms with Crippen molar-refractivity contribution in [2.45, 2.75) is 71.2 Å². The van der Waals surface area contributed by atoms with E-state index in [2.05, 4.69) is 20.8 Å². The van der Waals surface area contributed by atoms with Crippen molar-refractivity contribution in [1.29, 1.82) is 0 Å². The van der Waals surface area contributed by atoms with Crippen molar-refractivity contribution in [3.8, 4) is 0 Å². The van der Waals surface area contributed by atoms with Crippen molar-refractivity contribution in [1.82, 2.24) is 0 Å². The molecule has 0 aromatic carbocycles. The third-order valence-corrected chi connectivity index (χ3v) is 3.72. The Morgan fingerprint density at radius 2 is 1.31 bits per heavy atom. The van der Waals surface area contributed by atoms with Gasteiger partial charge in [0.2, 0.25) is 0 Å². The Morgan fingerprint density at radius 1 is 0.923 bits per heavy atom. The third-order valence-electron chi connectivity index (χ3n) is 3.72. The second kappa shape index (κ2) is 5.02. The van der Waals surface area contributed by atoms with Crippen molar-refractivity contribution in [2.24, 2.45) is 0 Å². The van der Waals surface area contributed by atoms with Crippen LogP contribution in [0.15, 0.2) is 0 Å². The summed E-state index contributed by atoms with van der Waals surface area (Å²) < 4.78 is 14.1. The molecular formula is C11H24BF. The lowest BCUT2D eigenvalue weighted by Crippen LogP contribution is -2.36. The molecule has 0 N–H and O–H groups in total. The van der Waals surface area contributed by atoms with Gasteiger partial charge in [0.1, 0.15) is 0 Å². The van der Waals surface area contributed by atoms with Gasteiger partial charge in [0, 0.05) is 0 Å². The van der Waals surface area contributed by atoms with Crippen molar-refractivity contribution in [3.63, 3.8) is 0 Å². The second-order valence-electron chi connectivity index (χ2n) is 4.55. The van der Waals surface area contributed by atoms with Crippen LogP contribution in [0.1, 0.15) is 60.3 Å². The normalized spacial score (nSPS) is 13.1. The van der Waals surface area contributed by atoms with E-state index in [0.717, 1.165) is 20.1 Å². The highest BCUT2D eigenvalue weighted by atomic mass is 19.1. The van der Waals surface area contributed by atoms with E-state index in [-0.39, 0.29) is 5.31 Å². The van der Waals surface area contributed by atoms with Gasteiger partial charge in [-0.3, -0.25) is 4.39 Å². The van der Waals surface area contributed by atoms with Gasteiger partial charge in [0.05, 0.1) is 5.57 Å². The van der Waals surface area contributed by atoms with Crippen molar-refractivity contribution in [2.75, 3.05) is 0 Å². The Morgan fingerprint density at radius 3 is 1.54 bits per heavy atom. The van der Waals surface area contributed by atoms with Crippen LogP contribution in [0.3, 0.4) is 0 Å². The van der Waals surface area contributed by atoms with E-state index in [1.807, 2.05) is 13.8 Å². The van der Waals surface area contributed by atoms with E-state index in [9.17, 15) is 4.39 Å². The number of hydrogen-bond donors (Lipinski definition) is 0. The molecule has 0 radical (unpaired) electrons. The van der Waals surface area contributed by atoms with E-state index in [4.69, 9.17) is 0 Å². The number of halogens is 1. The molecule has 0 aliphatic rings. The Hall–Kier alpha value is -0.00506.